The predicted molar refractivity (Wildman–Crippen MR) is 152 cm³/mol. The lowest BCUT2D eigenvalue weighted by molar-refractivity contribution is -0.385. The number of hydrogen-bond donors (Lipinski definition) is 1. The van der Waals surface area contributed by atoms with Gasteiger partial charge < -0.3 is 9.15 Å². The number of ether oxygens (including phenoxy) is 1. The van der Waals surface area contributed by atoms with Crippen LogP contribution in [0.1, 0.15) is 11.3 Å². The lowest BCUT2D eigenvalue weighted by Gasteiger charge is -2.24. The standard InChI is InChI=1S/C27H23N5O9S/c1-18-3-13-24(15-25(18)32(36)37)42(38,39)30(20-8-10-22(40-2)11-9-20)17-27(33)29-28-16-23-12-14-26(41-23)19-4-6-21(7-5-19)31(34)35/h3-16H,17H2,1-2H3,(H,29,33)/b28-16-. The molecule has 216 valence electrons. The highest BCUT2D eigenvalue weighted by Gasteiger charge is 2.29. The molecule has 0 spiro atoms. The van der Waals surface area contributed by atoms with Gasteiger partial charge in [-0.05, 0) is 61.5 Å². The summed E-state index contributed by atoms with van der Waals surface area (Å²) >= 11 is 0. The number of nitro groups is 2. The molecule has 14 nitrogen and oxygen atoms in total. The molecule has 1 heterocycles. The molecule has 1 N–H and O–H groups in total. The molecule has 0 saturated heterocycles. The molecule has 0 aliphatic rings. The lowest BCUT2D eigenvalue weighted by Crippen LogP contribution is -2.39. The first-order valence-electron chi connectivity index (χ1n) is 12.1. The Morgan fingerprint density at radius 3 is 2.31 bits per heavy atom. The Hall–Kier alpha value is -5.57. The monoisotopic (exact) mass is 593 g/mol. The first-order chi connectivity index (χ1) is 20.0. The van der Waals surface area contributed by atoms with Crippen LogP contribution in [0, 0.1) is 27.2 Å². The largest absolute Gasteiger partial charge is 0.497 e. The van der Waals surface area contributed by atoms with Gasteiger partial charge in [-0.15, -0.1) is 0 Å². The third-order valence-corrected chi connectivity index (χ3v) is 7.75. The second-order valence-corrected chi connectivity index (χ2v) is 10.6. The molecule has 0 bridgehead atoms. The van der Waals surface area contributed by atoms with Crippen molar-refractivity contribution in [1.82, 2.24) is 5.43 Å². The first-order valence-corrected chi connectivity index (χ1v) is 13.5. The van der Waals surface area contributed by atoms with Gasteiger partial charge in [0.15, 0.2) is 0 Å². The van der Waals surface area contributed by atoms with Crippen molar-refractivity contribution in [1.29, 1.82) is 0 Å². The molecule has 1 aromatic heterocycles. The van der Waals surface area contributed by atoms with Crippen LogP contribution in [0.4, 0.5) is 17.1 Å². The Kier molecular flexibility index (Phi) is 8.62. The molecule has 4 rings (SSSR count). The predicted octanol–water partition coefficient (Wildman–Crippen LogP) is 4.43. The van der Waals surface area contributed by atoms with E-state index in [9.17, 15) is 33.4 Å². The topological polar surface area (TPSA) is 187 Å². The maximum atomic E-state index is 13.6. The summed E-state index contributed by atoms with van der Waals surface area (Å²) in [6.07, 6.45) is 1.20. The maximum absolute atomic E-state index is 13.6. The number of furan rings is 1. The zero-order valence-electron chi connectivity index (χ0n) is 22.2. The van der Waals surface area contributed by atoms with E-state index in [0.717, 1.165) is 10.4 Å². The highest BCUT2D eigenvalue weighted by molar-refractivity contribution is 7.92. The molecule has 0 atom stereocenters. The number of hydrogen-bond acceptors (Lipinski definition) is 10. The van der Waals surface area contributed by atoms with Crippen molar-refractivity contribution in [3.63, 3.8) is 0 Å². The van der Waals surface area contributed by atoms with E-state index in [0.29, 0.717) is 17.1 Å². The summed E-state index contributed by atoms with van der Waals surface area (Å²) in [7, 11) is -3.00. The first kappa shape index (κ1) is 29.4. The summed E-state index contributed by atoms with van der Waals surface area (Å²) in [5, 5.41) is 26.1. The van der Waals surface area contributed by atoms with Gasteiger partial charge in [0.2, 0.25) is 0 Å². The molecule has 1 amide bonds. The summed E-state index contributed by atoms with van der Waals surface area (Å²) in [6.45, 7) is 0.773. The van der Waals surface area contributed by atoms with Crippen molar-refractivity contribution < 1.29 is 32.2 Å². The van der Waals surface area contributed by atoms with Crippen LogP contribution in [0.2, 0.25) is 0 Å². The van der Waals surface area contributed by atoms with Crippen molar-refractivity contribution in [2.45, 2.75) is 11.8 Å². The number of nitro benzene ring substituents is 2. The molecule has 0 fully saturated rings. The number of aryl methyl sites for hydroxylation is 1. The third kappa shape index (κ3) is 6.59. The Labute approximate surface area is 239 Å². The number of nitrogens with one attached hydrogen (secondary N) is 1. The van der Waals surface area contributed by atoms with E-state index in [1.165, 1.54) is 80.9 Å². The summed E-state index contributed by atoms with van der Waals surface area (Å²) in [5.41, 5.74) is 2.76. The van der Waals surface area contributed by atoms with E-state index < -0.39 is 32.3 Å². The Balaban J connectivity index is 1.53. The molecule has 0 saturated carbocycles. The van der Waals surface area contributed by atoms with E-state index in [-0.39, 0.29) is 33.3 Å². The molecule has 42 heavy (non-hydrogen) atoms. The van der Waals surface area contributed by atoms with Crippen molar-refractivity contribution in [3.8, 4) is 17.1 Å². The second kappa shape index (κ2) is 12.3. The summed E-state index contributed by atoms with van der Waals surface area (Å²) in [6, 6.07) is 18.2. The molecule has 0 radical (unpaired) electrons. The molecular weight excluding hydrogens is 570 g/mol. The van der Waals surface area contributed by atoms with Crippen LogP contribution in [0.15, 0.2) is 93.3 Å². The van der Waals surface area contributed by atoms with Crippen LogP contribution in [0.25, 0.3) is 11.3 Å². The minimum absolute atomic E-state index is 0.0684. The highest BCUT2D eigenvalue weighted by Crippen LogP contribution is 2.29. The Morgan fingerprint density at radius 2 is 1.69 bits per heavy atom. The van der Waals surface area contributed by atoms with E-state index in [1.54, 1.807) is 12.1 Å². The lowest BCUT2D eigenvalue weighted by atomic mass is 10.1. The summed E-state index contributed by atoms with van der Waals surface area (Å²) in [5.74, 6) is 0.286. The number of hydrazone groups is 1. The van der Waals surface area contributed by atoms with Gasteiger partial charge in [0.1, 0.15) is 23.8 Å². The molecule has 0 aliphatic heterocycles. The molecule has 3 aromatic carbocycles. The Bertz CT molecular complexity index is 1770. The average molecular weight is 594 g/mol. The molecule has 0 aliphatic carbocycles. The van der Waals surface area contributed by atoms with Gasteiger partial charge in [-0.3, -0.25) is 29.3 Å². The normalized spacial score (nSPS) is 11.3. The molecule has 0 unspecified atom stereocenters. The number of nitrogens with zero attached hydrogens (tertiary/aromatic N) is 4. The Morgan fingerprint density at radius 1 is 1.00 bits per heavy atom. The van der Waals surface area contributed by atoms with Gasteiger partial charge in [-0.25, -0.2) is 13.8 Å². The van der Waals surface area contributed by atoms with Crippen LogP contribution in [0.5, 0.6) is 5.75 Å². The van der Waals surface area contributed by atoms with Crippen molar-refractivity contribution in [2.24, 2.45) is 5.10 Å². The molecule has 15 heteroatoms. The van der Waals surface area contributed by atoms with Crippen LogP contribution < -0.4 is 14.5 Å². The molecule has 4 aromatic rings. The van der Waals surface area contributed by atoms with Crippen LogP contribution in [-0.4, -0.2) is 44.0 Å². The number of sulfonamides is 1. The fourth-order valence-electron chi connectivity index (χ4n) is 3.80. The van der Waals surface area contributed by atoms with E-state index in [1.807, 2.05) is 0 Å². The summed E-state index contributed by atoms with van der Waals surface area (Å²) < 4.78 is 38.8. The minimum Gasteiger partial charge on any atom is -0.497 e. The number of benzene rings is 3. The van der Waals surface area contributed by atoms with E-state index in [2.05, 4.69) is 10.5 Å². The smallest absolute Gasteiger partial charge is 0.273 e. The average Bonchev–Trinajstić information content (AvgIpc) is 3.45. The minimum atomic E-state index is -4.44. The van der Waals surface area contributed by atoms with Gasteiger partial charge in [0.05, 0.1) is 33.8 Å². The van der Waals surface area contributed by atoms with Crippen molar-refractivity contribution >= 4 is 39.2 Å². The van der Waals surface area contributed by atoms with Crippen molar-refractivity contribution in [3.05, 3.63) is 110 Å². The fraction of sp³-hybridized carbons (Fsp3) is 0.111. The zero-order valence-corrected chi connectivity index (χ0v) is 23.0. The summed E-state index contributed by atoms with van der Waals surface area (Å²) in [4.78, 5) is 33.5. The third-order valence-electron chi connectivity index (χ3n) is 5.98. The number of rotatable bonds is 11. The maximum Gasteiger partial charge on any atom is 0.273 e. The fourth-order valence-corrected chi connectivity index (χ4v) is 5.24. The number of anilines is 1. The van der Waals surface area contributed by atoms with Crippen LogP contribution >= 0.6 is 0 Å². The number of methoxy groups -OCH3 is 1. The quantitative estimate of drug-likeness (QED) is 0.149. The number of amides is 1. The zero-order chi connectivity index (χ0) is 30.4. The number of carbonyl (C=O) groups excluding carboxylic acids is 1. The van der Waals surface area contributed by atoms with Crippen LogP contribution in [-0.2, 0) is 14.8 Å². The van der Waals surface area contributed by atoms with Gasteiger partial charge in [0, 0.05) is 29.3 Å². The van der Waals surface area contributed by atoms with Gasteiger partial charge in [-0.1, -0.05) is 6.07 Å². The van der Waals surface area contributed by atoms with Gasteiger partial charge in [-0.2, -0.15) is 5.10 Å². The number of non-ortho nitro benzene ring substituents is 1. The number of carbonyl (C=O) groups is 1. The molecular formula is C27H23N5O9S. The highest BCUT2D eigenvalue weighted by atomic mass is 32.2. The van der Waals surface area contributed by atoms with Gasteiger partial charge in [0.25, 0.3) is 27.3 Å². The van der Waals surface area contributed by atoms with E-state index in [4.69, 9.17) is 9.15 Å². The SMILES string of the molecule is COc1ccc(N(CC(=O)N/N=C\c2ccc(-c3ccc([N+](=O)[O-])cc3)o2)S(=O)(=O)c2ccc(C)c([N+](=O)[O-])c2)cc1. The van der Waals surface area contributed by atoms with E-state index >= 15 is 0 Å². The van der Waals surface area contributed by atoms with Gasteiger partial charge >= 0.3 is 0 Å². The second-order valence-electron chi connectivity index (χ2n) is 8.71. The van der Waals surface area contributed by atoms with Crippen LogP contribution in [0.3, 0.4) is 0 Å². The van der Waals surface area contributed by atoms with Crippen molar-refractivity contribution in [2.75, 3.05) is 18.0 Å².